The molecule has 3 aromatic rings. The molecule has 2 heterocycles. The maximum absolute atomic E-state index is 11.7. The average Bonchev–Trinajstić information content (AvgIpc) is 2.76. The first-order chi connectivity index (χ1) is 16.1. The minimum atomic E-state index is -0.812. The van der Waals surface area contributed by atoms with Crippen molar-refractivity contribution < 1.29 is 14.3 Å². The van der Waals surface area contributed by atoms with Crippen molar-refractivity contribution >= 4 is 36.4 Å². The molecule has 0 aliphatic rings. The number of carbonyl (C=O) groups is 1. The Labute approximate surface area is 206 Å². The Morgan fingerprint density at radius 2 is 1.94 bits per heavy atom. The average molecular weight is 521 g/mol. The molecule has 0 saturated carbocycles. The third-order valence-corrected chi connectivity index (χ3v) is 6.95. The van der Waals surface area contributed by atoms with Crippen LogP contribution < -0.4 is 24.6 Å². The molecular formula is C25H28AsN5O3. The molecule has 0 radical (unpaired) electrons. The Hall–Kier alpha value is -3.56. The number of carbonyl (C=O) groups excluding carboxylic acids is 1. The number of aromatic nitrogens is 3. The van der Waals surface area contributed by atoms with Gasteiger partial charge in [0.2, 0.25) is 0 Å². The number of nitrogen functional groups attached to an aromatic ring is 1. The summed E-state index contributed by atoms with van der Waals surface area (Å²) in [6.45, 7) is 9.47. The van der Waals surface area contributed by atoms with E-state index in [4.69, 9.17) is 15.2 Å². The van der Waals surface area contributed by atoms with Crippen LogP contribution in [-0.2, 0) is 4.74 Å². The predicted molar refractivity (Wildman–Crippen MR) is 134 cm³/mol. The fourth-order valence-corrected chi connectivity index (χ4v) is 5.09. The molecule has 0 fully saturated rings. The van der Waals surface area contributed by atoms with Crippen molar-refractivity contribution in [1.29, 1.82) is 0 Å². The maximum atomic E-state index is 11.7. The van der Waals surface area contributed by atoms with Crippen LogP contribution in [0.1, 0.15) is 37.7 Å². The topological polar surface area (TPSA) is 112 Å². The van der Waals surface area contributed by atoms with Gasteiger partial charge in [0.25, 0.3) is 0 Å². The molecule has 0 saturated heterocycles. The third kappa shape index (κ3) is 7.50. The molecule has 34 heavy (non-hydrogen) atoms. The molecular weight excluding hydrogens is 493 g/mol. The zero-order chi connectivity index (χ0) is 24.7. The molecule has 0 aliphatic heterocycles. The second-order valence-electron chi connectivity index (χ2n) is 8.48. The fraction of sp³-hybridized carbons (Fsp3) is 0.280. The fourth-order valence-electron chi connectivity index (χ4n) is 2.77. The monoisotopic (exact) mass is 521 g/mol. The van der Waals surface area contributed by atoms with Gasteiger partial charge >= 0.3 is 207 Å². The van der Waals surface area contributed by atoms with Gasteiger partial charge in [0.1, 0.15) is 0 Å². The quantitative estimate of drug-likeness (QED) is 0.391. The van der Waals surface area contributed by atoms with Crippen LogP contribution in [0.15, 0.2) is 42.9 Å². The van der Waals surface area contributed by atoms with E-state index < -0.39 is 27.4 Å². The molecule has 1 amide bonds. The predicted octanol–water partition coefficient (Wildman–Crippen LogP) is 2.13. The van der Waals surface area contributed by atoms with Crippen LogP contribution in [0.2, 0.25) is 0 Å². The van der Waals surface area contributed by atoms with E-state index in [1.165, 1.54) is 6.33 Å². The number of rotatable bonds is 5. The van der Waals surface area contributed by atoms with Crippen molar-refractivity contribution in [2.75, 3.05) is 12.3 Å². The summed E-state index contributed by atoms with van der Waals surface area (Å²) < 4.78 is 13.1. The number of hydrogen-bond donors (Lipinski definition) is 2. The molecule has 0 spiro atoms. The second-order valence-corrected chi connectivity index (χ2v) is 11.2. The summed E-state index contributed by atoms with van der Waals surface area (Å²) in [4.78, 5) is 24.5. The van der Waals surface area contributed by atoms with Crippen molar-refractivity contribution in [2.24, 2.45) is 0 Å². The van der Waals surface area contributed by atoms with Crippen molar-refractivity contribution in [3.63, 3.8) is 0 Å². The number of hydrogen-bond acceptors (Lipinski definition) is 7. The zero-order valence-electron chi connectivity index (χ0n) is 19.9. The van der Waals surface area contributed by atoms with E-state index in [2.05, 4.69) is 38.2 Å². The van der Waals surface area contributed by atoms with E-state index in [1.54, 1.807) is 27.0 Å². The number of alkyl carbamates (subject to hydrolysis) is 1. The second kappa shape index (κ2) is 11.0. The van der Waals surface area contributed by atoms with Crippen LogP contribution in [0, 0.1) is 25.7 Å². The number of ether oxygens (including phenoxy) is 2. The standard InChI is InChI=1S/C25H28AsN5O3/c1-16-13-18(9-11-21(16)33-19-10-8-17(2)29-14-19)26-23-22(27)20(30-15-31-23)7-6-12-28-24(32)34-25(3,4)5/h8-11,13-15,26H,12,27H2,1-5H3,(H,28,32). The van der Waals surface area contributed by atoms with Crippen LogP contribution in [0.25, 0.3) is 0 Å². The van der Waals surface area contributed by atoms with Crippen LogP contribution in [0.5, 0.6) is 11.5 Å². The molecule has 3 N–H and O–H groups in total. The molecule has 3 rings (SSSR count). The molecule has 2 aromatic heterocycles. The summed E-state index contributed by atoms with van der Waals surface area (Å²) in [5.74, 6) is 7.23. The van der Waals surface area contributed by atoms with Crippen LogP contribution in [-0.4, -0.2) is 48.9 Å². The van der Waals surface area contributed by atoms with E-state index in [-0.39, 0.29) is 6.54 Å². The number of nitrogens with one attached hydrogen (secondary N) is 1. The summed E-state index contributed by atoms with van der Waals surface area (Å²) in [7, 11) is 0. The molecule has 0 bridgehead atoms. The van der Waals surface area contributed by atoms with Crippen LogP contribution in [0.3, 0.4) is 0 Å². The summed E-state index contributed by atoms with van der Waals surface area (Å²) in [5.41, 5.74) is 8.61. The van der Waals surface area contributed by atoms with Crippen LogP contribution in [0.4, 0.5) is 10.5 Å². The van der Waals surface area contributed by atoms with Gasteiger partial charge in [-0.3, -0.25) is 0 Å². The molecule has 8 nitrogen and oxygen atoms in total. The van der Waals surface area contributed by atoms with Gasteiger partial charge in [-0.2, -0.15) is 0 Å². The molecule has 176 valence electrons. The number of anilines is 1. The number of pyridine rings is 1. The van der Waals surface area contributed by atoms with Crippen molar-refractivity contribution in [1.82, 2.24) is 20.3 Å². The van der Waals surface area contributed by atoms with E-state index in [9.17, 15) is 4.79 Å². The minimum absolute atomic E-state index is 0.126. The Bertz CT molecular complexity index is 1230. The van der Waals surface area contributed by atoms with Gasteiger partial charge in [-0.05, 0) is 0 Å². The molecule has 1 atom stereocenters. The summed E-state index contributed by atoms with van der Waals surface area (Å²) in [6.07, 6.45) is 2.66. The Morgan fingerprint density at radius 3 is 2.62 bits per heavy atom. The van der Waals surface area contributed by atoms with E-state index in [0.717, 1.165) is 25.8 Å². The SMILES string of the molecule is Cc1ccc(Oc2ccc([AsH]c3ncnc(C#CCNC(=O)OC(C)(C)C)c3N)cc2C)cn1. The van der Waals surface area contributed by atoms with E-state index in [1.807, 2.05) is 38.1 Å². The molecule has 9 heteroatoms. The number of nitrogens with zero attached hydrogens (tertiary/aromatic N) is 3. The summed E-state index contributed by atoms with van der Waals surface area (Å²) in [5, 5.41) is 2.59. The van der Waals surface area contributed by atoms with Crippen molar-refractivity contribution in [3.8, 4) is 23.3 Å². The zero-order valence-corrected chi connectivity index (χ0v) is 22.0. The van der Waals surface area contributed by atoms with Crippen LogP contribution >= 0.6 is 0 Å². The Balaban J connectivity index is 1.65. The van der Waals surface area contributed by atoms with Gasteiger partial charge in [-0.15, -0.1) is 0 Å². The number of nitrogens with two attached hydrogens (primary N) is 1. The third-order valence-electron chi connectivity index (χ3n) is 4.36. The molecule has 1 unspecified atom stereocenters. The summed E-state index contributed by atoms with van der Waals surface area (Å²) >= 11 is -0.812. The van der Waals surface area contributed by atoms with Crippen molar-refractivity contribution in [3.05, 3.63) is 59.8 Å². The molecule has 0 aliphatic carbocycles. The van der Waals surface area contributed by atoms with Gasteiger partial charge in [0, 0.05) is 0 Å². The van der Waals surface area contributed by atoms with E-state index in [0.29, 0.717) is 17.1 Å². The first-order valence-corrected chi connectivity index (χ1v) is 12.7. The van der Waals surface area contributed by atoms with Gasteiger partial charge in [0.05, 0.1) is 0 Å². The van der Waals surface area contributed by atoms with E-state index >= 15 is 0 Å². The Morgan fingerprint density at radius 1 is 1.15 bits per heavy atom. The normalized spacial score (nSPS) is 11.1. The first kappa shape index (κ1) is 25.1. The summed E-state index contributed by atoms with van der Waals surface area (Å²) in [6, 6.07) is 9.89. The number of amides is 1. The van der Waals surface area contributed by atoms with Gasteiger partial charge in [-0.1, -0.05) is 0 Å². The number of aryl methyl sites for hydroxylation is 2. The van der Waals surface area contributed by atoms with Gasteiger partial charge in [0.15, 0.2) is 0 Å². The Kier molecular flexibility index (Phi) is 8.14. The van der Waals surface area contributed by atoms with Crippen molar-refractivity contribution in [2.45, 2.75) is 40.2 Å². The number of benzene rings is 1. The first-order valence-electron chi connectivity index (χ1n) is 10.6. The van der Waals surface area contributed by atoms with Gasteiger partial charge < -0.3 is 0 Å². The van der Waals surface area contributed by atoms with Gasteiger partial charge in [-0.25, -0.2) is 0 Å². The molecule has 1 aromatic carbocycles.